The molecule has 0 spiro atoms. The normalized spacial score (nSPS) is 22.9. The molecule has 1 fully saturated rings. The van der Waals surface area contributed by atoms with E-state index >= 15 is 0 Å². The topological polar surface area (TPSA) is 61.8 Å². The molecular weight excluding hydrogens is 292 g/mol. The molecule has 0 radical (unpaired) electrons. The molecule has 6 heteroatoms. The van der Waals surface area contributed by atoms with Gasteiger partial charge in [0.2, 0.25) is 5.91 Å². The molecule has 1 aliphatic rings. The van der Waals surface area contributed by atoms with Crippen molar-refractivity contribution in [1.82, 2.24) is 4.90 Å². The number of likely N-dealkylation sites (tertiary alicyclic amines) is 1. The zero-order valence-electron chi connectivity index (χ0n) is 12.3. The second kappa shape index (κ2) is 7.11. The summed E-state index contributed by atoms with van der Waals surface area (Å²) in [5.74, 6) is 0.717. The van der Waals surface area contributed by atoms with Crippen molar-refractivity contribution in [2.75, 3.05) is 32.1 Å². The highest BCUT2D eigenvalue weighted by atomic mass is 35.5. The summed E-state index contributed by atoms with van der Waals surface area (Å²) in [7, 11) is 1.54. The second-order valence-electron chi connectivity index (χ2n) is 5.46. The molecule has 0 saturated carbocycles. The number of aliphatic hydroxyl groups is 1. The summed E-state index contributed by atoms with van der Waals surface area (Å²) < 4.78 is 5.20. The first-order valence-corrected chi connectivity index (χ1v) is 7.41. The summed E-state index contributed by atoms with van der Waals surface area (Å²) in [6, 6.07) is 5.08. The Hall–Kier alpha value is -1.30. The van der Waals surface area contributed by atoms with E-state index in [2.05, 4.69) is 5.32 Å². The highest BCUT2D eigenvalue weighted by molar-refractivity contribution is 6.31. The Labute approximate surface area is 129 Å². The first-order valence-electron chi connectivity index (χ1n) is 7.03. The molecular formula is C15H21ClN2O3. The van der Waals surface area contributed by atoms with E-state index in [1.165, 1.54) is 0 Å². The summed E-state index contributed by atoms with van der Waals surface area (Å²) in [5.41, 5.74) is 0.556. The molecule has 2 atom stereocenters. The molecule has 0 aliphatic carbocycles. The van der Waals surface area contributed by atoms with Crippen LogP contribution in [-0.4, -0.2) is 48.8 Å². The minimum Gasteiger partial charge on any atom is -0.495 e. The fourth-order valence-corrected chi connectivity index (χ4v) is 2.60. The summed E-state index contributed by atoms with van der Waals surface area (Å²) in [5, 5.41) is 13.2. The van der Waals surface area contributed by atoms with Crippen LogP contribution in [0.25, 0.3) is 0 Å². The summed E-state index contributed by atoms with van der Waals surface area (Å²) in [4.78, 5) is 14.1. The maximum atomic E-state index is 12.1. The van der Waals surface area contributed by atoms with Crippen LogP contribution in [0.15, 0.2) is 18.2 Å². The average Bonchev–Trinajstić information content (AvgIpc) is 2.43. The fraction of sp³-hybridized carbons (Fsp3) is 0.533. The third-order valence-electron chi connectivity index (χ3n) is 3.81. The highest BCUT2D eigenvalue weighted by Crippen LogP contribution is 2.27. The lowest BCUT2D eigenvalue weighted by Crippen LogP contribution is -2.45. The summed E-state index contributed by atoms with van der Waals surface area (Å²) in [6.45, 7) is 3.62. The minimum atomic E-state index is -0.368. The van der Waals surface area contributed by atoms with Gasteiger partial charge in [0.25, 0.3) is 0 Å². The third kappa shape index (κ3) is 4.33. The van der Waals surface area contributed by atoms with E-state index in [4.69, 9.17) is 16.3 Å². The number of aliphatic hydroxyl groups excluding tert-OH is 1. The number of carbonyl (C=O) groups excluding carboxylic acids is 1. The Morgan fingerprint density at radius 3 is 3.00 bits per heavy atom. The maximum Gasteiger partial charge on any atom is 0.238 e. The van der Waals surface area contributed by atoms with E-state index in [-0.39, 0.29) is 24.5 Å². The number of piperidine rings is 1. The van der Waals surface area contributed by atoms with Gasteiger partial charge in [0.1, 0.15) is 5.75 Å². The van der Waals surface area contributed by atoms with Crippen LogP contribution in [0.3, 0.4) is 0 Å². The zero-order chi connectivity index (χ0) is 15.4. The van der Waals surface area contributed by atoms with E-state index < -0.39 is 0 Å². The van der Waals surface area contributed by atoms with Gasteiger partial charge in [-0.3, -0.25) is 9.69 Å². The minimum absolute atomic E-state index is 0.141. The number of hydrogen-bond donors (Lipinski definition) is 2. The van der Waals surface area contributed by atoms with Crippen molar-refractivity contribution in [3.8, 4) is 5.75 Å². The quantitative estimate of drug-likeness (QED) is 0.892. The van der Waals surface area contributed by atoms with Crippen molar-refractivity contribution in [3.05, 3.63) is 23.2 Å². The standard InChI is InChI=1S/C15H21ClN2O3/c1-10-5-6-18(8-13(10)19)9-15(20)17-12-7-11(16)3-4-14(12)21-2/h3-4,7,10,13,19H,5-6,8-9H2,1-2H3,(H,17,20). The molecule has 2 unspecified atom stereocenters. The number of rotatable bonds is 4. The second-order valence-corrected chi connectivity index (χ2v) is 5.90. The molecule has 1 saturated heterocycles. The lowest BCUT2D eigenvalue weighted by Gasteiger charge is -2.33. The SMILES string of the molecule is COc1ccc(Cl)cc1NC(=O)CN1CCC(C)C(O)C1. The van der Waals surface area contributed by atoms with Gasteiger partial charge in [0.05, 0.1) is 25.4 Å². The van der Waals surface area contributed by atoms with Crippen LogP contribution in [0, 0.1) is 5.92 Å². The van der Waals surface area contributed by atoms with Gasteiger partial charge in [0.15, 0.2) is 0 Å². The van der Waals surface area contributed by atoms with Gasteiger partial charge >= 0.3 is 0 Å². The van der Waals surface area contributed by atoms with Crippen LogP contribution in [0.2, 0.25) is 5.02 Å². The Kier molecular flexibility index (Phi) is 5.45. The molecule has 116 valence electrons. The van der Waals surface area contributed by atoms with Crippen LogP contribution in [0.4, 0.5) is 5.69 Å². The van der Waals surface area contributed by atoms with Crippen molar-refractivity contribution in [2.24, 2.45) is 5.92 Å². The molecule has 21 heavy (non-hydrogen) atoms. The van der Waals surface area contributed by atoms with Crippen LogP contribution in [0.1, 0.15) is 13.3 Å². The zero-order valence-corrected chi connectivity index (χ0v) is 13.1. The van der Waals surface area contributed by atoms with Gasteiger partial charge < -0.3 is 15.2 Å². The van der Waals surface area contributed by atoms with Crippen molar-refractivity contribution in [3.63, 3.8) is 0 Å². The Bertz CT molecular complexity index is 510. The molecule has 1 aromatic rings. The van der Waals surface area contributed by atoms with Crippen LogP contribution < -0.4 is 10.1 Å². The van der Waals surface area contributed by atoms with Gasteiger partial charge in [0, 0.05) is 11.6 Å². The Morgan fingerprint density at radius 1 is 1.57 bits per heavy atom. The lowest BCUT2D eigenvalue weighted by atomic mass is 9.96. The molecule has 1 aliphatic heterocycles. The van der Waals surface area contributed by atoms with Gasteiger partial charge in [-0.25, -0.2) is 0 Å². The van der Waals surface area contributed by atoms with Gasteiger partial charge in [-0.05, 0) is 37.1 Å². The Morgan fingerprint density at radius 2 is 2.33 bits per heavy atom. The first-order chi connectivity index (χ1) is 9.99. The van der Waals surface area contributed by atoms with E-state index in [0.29, 0.717) is 23.0 Å². The van der Waals surface area contributed by atoms with Crippen LogP contribution >= 0.6 is 11.6 Å². The van der Waals surface area contributed by atoms with Crippen molar-refractivity contribution in [2.45, 2.75) is 19.4 Å². The van der Waals surface area contributed by atoms with E-state index in [1.54, 1.807) is 25.3 Å². The molecule has 2 rings (SSSR count). The smallest absolute Gasteiger partial charge is 0.238 e. The number of methoxy groups -OCH3 is 1. The largest absolute Gasteiger partial charge is 0.495 e. The lowest BCUT2D eigenvalue weighted by molar-refractivity contribution is -0.118. The fourth-order valence-electron chi connectivity index (χ4n) is 2.43. The summed E-state index contributed by atoms with van der Waals surface area (Å²) in [6.07, 6.45) is 0.529. The van der Waals surface area contributed by atoms with Gasteiger partial charge in [-0.2, -0.15) is 0 Å². The van der Waals surface area contributed by atoms with Gasteiger partial charge in [-0.1, -0.05) is 18.5 Å². The number of ether oxygens (including phenoxy) is 1. The molecule has 5 nitrogen and oxygen atoms in total. The van der Waals surface area contributed by atoms with Crippen molar-refractivity contribution < 1.29 is 14.6 Å². The van der Waals surface area contributed by atoms with E-state index in [1.807, 2.05) is 11.8 Å². The number of nitrogens with zero attached hydrogens (tertiary/aromatic N) is 1. The maximum absolute atomic E-state index is 12.1. The van der Waals surface area contributed by atoms with E-state index in [0.717, 1.165) is 13.0 Å². The Balaban J connectivity index is 1.94. The third-order valence-corrected chi connectivity index (χ3v) is 4.04. The van der Waals surface area contributed by atoms with Crippen LogP contribution in [-0.2, 0) is 4.79 Å². The molecule has 2 N–H and O–H groups in total. The predicted molar refractivity (Wildman–Crippen MR) is 82.9 cm³/mol. The van der Waals surface area contributed by atoms with Crippen molar-refractivity contribution in [1.29, 1.82) is 0 Å². The molecule has 1 aromatic carbocycles. The molecule has 1 amide bonds. The summed E-state index contributed by atoms with van der Waals surface area (Å²) >= 11 is 5.93. The molecule has 0 bridgehead atoms. The molecule has 0 aromatic heterocycles. The monoisotopic (exact) mass is 312 g/mol. The number of amides is 1. The number of carbonyl (C=O) groups is 1. The first kappa shape index (κ1) is 16.1. The van der Waals surface area contributed by atoms with Crippen molar-refractivity contribution >= 4 is 23.2 Å². The van der Waals surface area contributed by atoms with Crippen LogP contribution in [0.5, 0.6) is 5.75 Å². The predicted octanol–water partition coefficient (Wildman–Crippen LogP) is 1.99. The number of halogens is 1. The highest BCUT2D eigenvalue weighted by Gasteiger charge is 2.25. The number of nitrogens with one attached hydrogen (secondary N) is 1. The molecule has 1 heterocycles. The van der Waals surface area contributed by atoms with Gasteiger partial charge in [-0.15, -0.1) is 0 Å². The van der Waals surface area contributed by atoms with E-state index in [9.17, 15) is 9.90 Å². The number of anilines is 1. The number of hydrogen-bond acceptors (Lipinski definition) is 4. The number of benzene rings is 1. The number of β-amino-alcohol motifs (C(OH)–C–C–N with tert-alkyl or cyclic N) is 1. The average molecular weight is 313 g/mol.